The van der Waals surface area contributed by atoms with Crippen molar-refractivity contribution in [3.63, 3.8) is 0 Å². The Kier molecular flexibility index (Phi) is 7.04. The maximum absolute atomic E-state index is 13.0. The number of carbonyl (C=O) groups is 2. The minimum absolute atomic E-state index is 0.112. The lowest BCUT2D eigenvalue weighted by Crippen LogP contribution is -2.40. The van der Waals surface area contributed by atoms with E-state index in [-0.39, 0.29) is 11.8 Å². The summed E-state index contributed by atoms with van der Waals surface area (Å²) in [4.78, 5) is 35.6. The molecule has 8 heteroatoms. The second-order valence-corrected chi connectivity index (χ2v) is 10.5. The summed E-state index contributed by atoms with van der Waals surface area (Å²) in [6, 6.07) is 19.9. The molecule has 1 aliphatic rings. The molecule has 1 unspecified atom stereocenters. The fraction of sp³-hybridized carbons (Fsp3) is 0.321. The molecule has 186 valence electrons. The summed E-state index contributed by atoms with van der Waals surface area (Å²) in [5.74, 6) is 0.178. The first-order valence-electron chi connectivity index (χ1n) is 12.3. The van der Waals surface area contributed by atoms with Crippen LogP contribution in [0.5, 0.6) is 0 Å². The van der Waals surface area contributed by atoms with Crippen LogP contribution in [-0.2, 0) is 6.54 Å². The molecule has 0 spiro atoms. The number of aromatic nitrogens is 2. The first-order chi connectivity index (χ1) is 17.5. The third kappa shape index (κ3) is 5.28. The Morgan fingerprint density at radius 1 is 1.08 bits per heavy atom. The molecule has 0 radical (unpaired) electrons. The number of amides is 2. The molecule has 4 heterocycles. The van der Waals surface area contributed by atoms with Gasteiger partial charge in [0.1, 0.15) is 5.65 Å². The average molecular weight is 502 g/mol. The van der Waals surface area contributed by atoms with Crippen molar-refractivity contribution in [2.24, 2.45) is 5.92 Å². The van der Waals surface area contributed by atoms with E-state index in [0.717, 1.165) is 43.0 Å². The van der Waals surface area contributed by atoms with E-state index in [2.05, 4.69) is 39.5 Å². The number of benzene rings is 1. The molecule has 1 saturated heterocycles. The van der Waals surface area contributed by atoms with E-state index in [1.165, 1.54) is 17.0 Å². The van der Waals surface area contributed by atoms with Crippen molar-refractivity contribution in [3.8, 4) is 0 Å². The number of imidazole rings is 1. The molecule has 7 nitrogen and oxygen atoms in total. The number of fused-ring (bicyclic) bond motifs is 1. The number of rotatable bonds is 7. The van der Waals surface area contributed by atoms with Gasteiger partial charge in [-0.3, -0.25) is 9.59 Å². The molecule has 4 aromatic rings. The van der Waals surface area contributed by atoms with E-state index in [0.29, 0.717) is 28.8 Å². The van der Waals surface area contributed by atoms with Gasteiger partial charge in [0.05, 0.1) is 22.0 Å². The Morgan fingerprint density at radius 2 is 1.89 bits per heavy atom. The van der Waals surface area contributed by atoms with Gasteiger partial charge in [-0.15, -0.1) is 11.3 Å². The summed E-state index contributed by atoms with van der Waals surface area (Å²) in [6.45, 7) is 5.05. The summed E-state index contributed by atoms with van der Waals surface area (Å²) in [7, 11) is 1.76. The predicted molar refractivity (Wildman–Crippen MR) is 144 cm³/mol. The van der Waals surface area contributed by atoms with Gasteiger partial charge in [0, 0.05) is 44.3 Å². The third-order valence-corrected chi connectivity index (χ3v) is 7.80. The smallest absolute Gasteiger partial charge is 0.264 e. The van der Waals surface area contributed by atoms with E-state index in [4.69, 9.17) is 0 Å². The molecule has 0 aliphatic carbocycles. The van der Waals surface area contributed by atoms with Gasteiger partial charge in [-0.1, -0.05) is 24.3 Å². The lowest BCUT2D eigenvalue weighted by molar-refractivity contribution is 0.0788. The molecular formula is C28H31N5O2S. The lowest BCUT2D eigenvalue weighted by atomic mass is 9.97. The molecule has 1 aliphatic heterocycles. The zero-order valence-electron chi connectivity index (χ0n) is 20.7. The number of carbonyl (C=O) groups excluding carboxylic acids is 2. The summed E-state index contributed by atoms with van der Waals surface area (Å²) in [5, 5.41) is 3.09. The maximum Gasteiger partial charge on any atom is 0.264 e. The van der Waals surface area contributed by atoms with Gasteiger partial charge < -0.3 is 19.5 Å². The van der Waals surface area contributed by atoms with Crippen LogP contribution in [0.25, 0.3) is 5.65 Å². The number of nitrogens with zero attached hydrogens (tertiary/aromatic N) is 4. The van der Waals surface area contributed by atoms with Crippen LogP contribution >= 0.6 is 11.3 Å². The summed E-state index contributed by atoms with van der Waals surface area (Å²) in [6.07, 6.45) is 4.18. The maximum atomic E-state index is 13.0. The van der Waals surface area contributed by atoms with Crippen LogP contribution < -0.4 is 10.2 Å². The van der Waals surface area contributed by atoms with Crippen molar-refractivity contribution in [3.05, 3.63) is 88.0 Å². The Morgan fingerprint density at radius 3 is 2.69 bits per heavy atom. The number of hydrogen-bond acceptors (Lipinski definition) is 5. The van der Waals surface area contributed by atoms with Gasteiger partial charge in [-0.05, 0) is 62.1 Å². The van der Waals surface area contributed by atoms with Gasteiger partial charge in [-0.2, -0.15) is 0 Å². The molecule has 1 fully saturated rings. The highest BCUT2D eigenvalue weighted by molar-refractivity contribution is 7.15. The molecule has 1 aromatic carbocycles. The molecule has 0 saturated carbocycles. The number of piperidine rings is 1. The van der Waals surface area contributed by atoms with Crippen molar-refractivity contribution >= 4 is 34.5 Å². The molecule has 1 atom stereocenters. The highest BCUT2D eigenvalue weighted by atomic mass is 32.1. The molecule has 2 amide bonds. The Balaban J connectivity index is 1.15. The third-order valence-electron chi connectivity index (χ3n) is 6.72. The van der Waals surface area contributed by atoms with Crippen molar-refractivity contribution in [1.29, 1.82) is 0 Å². The number of thiophene rings is 1. The van der Waals surface area contributed by atoms with E-state index in [1.54, 1.807) is 24.1 Å². The van der Waals surface area contributed by atoms with Crippen molar-refractivity contribution < 1.29 is 9.59 Å². The molecule has 5 rings (SSSR count). The quantitative estimate of drug-likeness (QED) is 0.401. The van der Waals surface area contributed by atoms with Crippen molar-refractivity contribution in [2.45, 2.75) is 26.3 Å². The van der Waals surface area contributed by atoms with Gasteiger partial charge in [0.15, 0.2) is 0 Å². The van der Waals surface area contributed by atoms with E-state index in [1.807, 2.05) is 41.8 Å². The van der Waals surface area contributed by atoms with E-state index >= 15 is 0 Å². The first kappa shape index (κ1) is 24.1. The van der Waals surface area contributed by atoms with E-state index < -0.39 is 0 Å². The second kappa shape index (κ2) is 10.5. The molecule has 0 bridgehead atoms. The zero-order chi connectivity index (χ0) is 25.1. The Labute approximate surface area is 215 Å². The molecular weight excluding hydrogens is 470 g/mol. The van der Waals surface area contributed by atoms with Crippen LogP contribution in [-0.4, -0.2) is 52.8 Å². The number of aryl methyl sites for hydroxylation is 1. The van der Waals surface area contributed by atoms with Gasteiger partial charge in [0.2, 0.25) is 0 Å². The summed E-state index contributed by atoms with van der Waals surface area (Å²) < 4.78 is 2.02. The van der Waals surface area contributed by atoms with E-state index in [9.17, 15) is 9.59 Å². The van der Waals surface area contributed by atoms with Crippen LogP contribution in [0.3, 0.4) is 0 Å². The first-order valence-corrected chi connectivity index (χ1v) is 13.2. The van der Waals surface area contributed by atoms with Gasteiger partial charge >= 0.3 is 0 Å². The summed E-state index contributed by atoms with van der Waals surface area (Å²) >= 11 is 1.24. The van der Waals surface area contributed by atoms with Crippen LogP contribution in [0.1, 0.15) is 43.6 Å². The van der Waals surface area contributed by atoms with Gasteiger partial charge in [0.25, 0.3) is 11.8 Å². The standard InChI is InChI=1S/C28H31N5O2S/c1-20-8-6-12-26-30-22(19-33(20)26)18-31(2)28(35)25-14-13-24(36-25)27(34)29-16-21-9-7-15-32(17-21)23-10-4-3-5-11-23/h3-6,8,10-14,19,21H,7,9,15-18H2,1-2H3,(H,29,34). The highest BCUT2D eigenvalue weighted by Crippen LogP contribution is 2.23. The topological polar surface area (TPSA) is 70.0 Å². The number of para-hydroxylation sites is 1. The van der Waals surface area contributed by atoms with Crippen LogP contribution in [0.4, 0.5) is 5.69 Å². The van der Waals surface area contributed by atoms with Crippen molar-refractivity contribution in [1.82, 2.24) is 19.6 Å². The number of nitrogens with one attached hydrogen (secondary N) is 1. The molecule has 1 N–H and O–H groups in total. The minimum Gasteiger partial charge on any atom is -0.371 e. The SMILES string of the molecule is Cc1cccc2nc(CN(C)C(=O)c3ccc(C(=O)NCC4CCCN(c5ccccc5)C4)s3)cn12. The van der Waals surface area contributed by atoms with Crippen molar-refractivity contribution in [2.75, 3.05) is 31.6 Å². The lowest BCUT2D eigenvalue weighted by Gasteiger charge is -2.34. The van der Waals surface area contributed by atoms with Crippen LogP contribution in [0, 0.1) is 12.8 Å². The van der Waals surface area contributed by atoms with Crippen LogP contribution in [0.15, 0.2) is 66.9 Å². The Bertz CT molecular complexity index is 1360. The highest BCUT2D eigenvalue weighted by Gasteiger charge is 2.22. The molecule has 3 aromatic heterocycles. The average Bonchev–Trinajstić information content (AvgIpc) is 3.56. The second-order valence-electron chi connectivity index (χ2n) is 9.45. The van der Waals surface area contributed by atoms with Crippen LogP contribution in [0.2, 0.25) is 0 Å². The minimum atomic E-state index is -0.116. The fourth-order valence-electron chi connectivity index (χ4n) is 4.78. The Hall–Kier alpha value is -3.65. The number of hydrogen-bond donors (Lipinski definition) is 1. The zero-order valence-corrected chi connectivity index (χ0v) is 21.5. The predicted octanol–water partition coefficient (Wildman–Crippen LogP) is 4.62. The normalized spacial score (nSPS) is 15.7. The fourth-order valence-corrected chi connectivity index (χ4v) is 5.70. The summed E-state index contributed by atoms with van der Waals surface area (Å²) in [5.41, 5.74) is 4.02. The van der Waals surface area contributed by atoms with Gasteiger partial charge in [-0.25, -0.2) is 4.98 Å². The largest absolute Gasteiger partial charge is 0.371 e. The monoisotopic (exact) mass is 501 g/mol. The number of pyridine rings is 1. The molecule has 36 heavy (non-hydrogen) atoms. The number of anilines is 1.